The minimum Gasteiger partial charge on any atom is -0.446 e. The number of ether oxygens (including phenoxy) is 1. The first-order chi connectivity index (χ1) is 20.1. The van der Waals surface area contributed by atoms with Gasteiger partial charge in [0, 0.05) is 29.7 Å². The largest absolute Gasteiger partial charge is 0.446 e. The normalized spacial score (nSPS) is 14.5. The molecule has 0 spiro atoms. The molecule has 10 nitrogen and oxygen atoms in total. The van der Waals surface area contributed by atoms with Crippen LogP contribution in [0.15, 0.2) is 67.3 Å². The van der Waals surface area contributed by atoms with Crippen LogP contribution in [0.25, 0.3) is 16.4 Å². The van der Waals surface area contributed by atoms with Crippen LogP contribution in [0.2, 0.25) is 0 Å². The predicted molar refractivity (Wildman–Crippen MR) is 161 cm³/mol. The maximum Gasteiger partial charge on any atom is 0.411 e. The van der Waals surface area contributed by atoms with Gasteiger partial charge >= 0.3 is 6.09 Å². The molecule has 6 rings (SSSR count). The van der Waals surface area contributed by atoms with Gasteiger partial charge in [-0.25, -0.2) is 14.3 Å². The zero-order chi connectivity index (χ0) is 28.2. The van der Waals surface area contributed by atoms with Gasteiger partial charge in [0.15, 0.2) is 5.82 Å². The average Bonchev–Trinajstić information content (AvgIpc) is 3.55. The lowest BCUT2D eigenvalue weighted by atomic mass is 10.1. The SMILES string of the molecule is CCCN1CCC(OC(=O)Nc2cn3ncnc(Nc4ccc5c(cnn5Cc5ccccc5)c4)c3c2CC)CC1. The van der Waals surface area contributed by atoms with Crippen LogP contribution in [0.3, 0.4) is 0 Å². The molecule has 1 amide bonds. The molecule has 1 fully saturated rings. The van der Waals surface area contributed by atoms with E-state index >= 15 is 0 Å². The number of hydrogen-bond acceptors (Lipinski definition) is 7. The molecule has 1 aliphatic rings. The van der Waals surface area contributed by atoms with E-state index in [-0.39, 0.29) is 6.10 Å². The second kappa shape index (κ2) is 12.0. The van der Waals surface area contributed by atoms with Gasteiger partial charge in [0.25, 0.3) is 0 Å². The molecular weight excluding hydrogens is 516 g/mol. The molecule has 0 radical (unpaired) electrons. The lowest BCUT2D eigenvalue weighted by molar-refractivity contribution is 0.0590. The summed E-state index contributed by atoms with van der Waals surface area (Å²) in [5.74, 6) is 0.664. The van der Waals surface area contributed by atoms with E-state index in [9.17, 15) is 4.79 Å². The van der Waals surface area contributed by atoms with Gasteiger partial charge in [-0.05, 0) is 56.0 Å². The van der Waals surface area contributed by atoms with Gasteiger partial charge in [-0.3, -0.25) is 10.00 Å². The number of nitrogens with one attached hydrogen (secondary N) is 2. The lowest BCUT2D eigenvalue weighted by Gasteiger charge is -2.31. The van der Waals surface area contributed by atoms with Gasteiger partial charge in [-0.15, -0.1) is 0 Å². The van der Waals surface area contributed by atoms with Gasteiger partial charge in [0.2, 0.25) is 0 Å². The van der Waals surface area contributed by atoms with E-state index in [4.69, 9.17) is 4.74 Å². The van der Waals surface area contributed by atoms with Crippen molar-refractivity contribution in [1.82, 2.24) is 29.3 Å². The Morgan fingerprint density at radius 1 is 1.07 bits per heavy atom. The van der Waals surface area contributed by atoms with Crippen molar-refractivity contribution in [2.75, 3.05) is 30.3 Å². The lowest BCUT2D eigenvalue weighted by Crippen LogP contribution is -2.38. The number of benzene rings is 2. The molecular formula is C31H36N8O2. The highest BCUT2D eigenvalue weighted by atomic mass is 16.6. The maximum absolute atomic E-state index is 12.8. The number of aryl methyl sites for hydroxylation is 1. The van der Waals surface area contributed by atoms with Crippen molar-refractivity contribution in [2.24, 2.45) is 0 Å². The van der Waals surface area contributed by atoms with Gasteiger partial charge in [0.05, 0.1) is 30.1 Å². The highest BCUT2D eigenvalue weighted by Crippen LogP contribution is 2.31. The number of anilines is 3. The molecule has 0 saturated carbocycles. The van der Waals surface area contributed by atoms with Crippen LogP contribution in [0, 0.1) is 0 Å². The van der Waals surface area contributed by atoms with Crippen LogP contribution >= 0.6 is 0 Å². The fraction of sp³-hybridized carbons (Fsp3) is 0.355. The predicted octanol–water partition coefficient (Wildman–Crippen LogP) is 5.86. The smallest absolute Gasteiger partial charge is 0.411 e. The molecule has 1 aliphatic heterocycles. The number of aromatic nitrogens is 5. The highest BCUT2D eigenvalue weighted by molar-refractivity contribution is 5.91. The molecule has 2 aromatic carbocycles. The third-order valence-electron chi connectivity index (χ3n) is 7.70. The van der Waals surface area contributed by atoms with Crippen LogP contribution in [0.4, 0.5) is 22.0 Å². The number of fused-ring (bicyclic) bond motifs is 2. The molecule has 0 atom stereocenters. The standard InChI is InChI=1S/C31H36N8O2/c1-3-14-37-15-12-25(13-16-37)41-31(40)36-27-20-39-29(26(27)4-2)30(32-21-34-39)35-24-10-11-28-23(17-24)18-33-38(28)19-22-8-6-5-7-9-22/h5-11,17-18,20-21,25H,3-4,12-16,19H2,1-2H3,(H,36,40)(H,32,34,35). The minimum absolute atomic E-state index is 0.0609. The monoisotopic (exact) mass is 552 g/mol. The van der Waals surface area contributed by atoms with Crippen molar-refractivity contribution in [3.05, 3.63) is 78.4 Å². The van der Waals surface area contributed by atoms with Crippen molar-refractivity contribution in [3.63, 3.8) is 0 Å². The third kappa shape index (κ3) is 5.88. The summed E-state index contributed by atoms with van der Waals surface area (Å²) >= 11 is 0. The summed E-state index contributed by atoms with van der Waals surface area (Å²) in [6.45, 7) is 7.98. The fourth-order valence-electron chi connectivity index (χ4n) is 5.67. The maximum atomic E-state index is 12.8. The number of carbonyl (C=O) groups is 1. The molecule has 5 aromatic rings. The first-order valence-electron chi connectivity index (χ1n) is 14.4. The summed E-state index contributed by atoms with van der Waals surface area (Å²) in [7, 11) is 0. The van der Waals surface area contributed by atoms with E-state index in [2.05, 4.69) is 68.8 Å². The molecule has 0 aliphatic carbocycles. The van der Waals surface area contributed by atoms with E-state index in [0.29, 0.717) is 24.5 Å². The van der Waals surface area contributed by atoms with Gasteiger partial charge < -0.3 is 15.0 Å². The number of carbonyl (C=O) groups excluding carboxylic acids is 1. The Bertz CT molecular complexity index is 1640. The molecule has 0 bridgehead atoms. The van der Waals surface area contributed by atoms with Crippen LogP contribution < -0.4 is 10.6 Å². The van der Waals surface area contributed by atoms with Gasteiger partial charge in [-0.2, -0.15) is 10.2 Å². The zero-order valence-corrected chi connectivity index (χ0v) is 23.6. The van der Waals surface area contributed by atoms with Crippen molar-refractivity contribution < 1.29 is 9.53 Å². The molecule has 1 saturated heterocycles. The Labute approximate surface area is 239 Å². The summed E-state index contributed by atoms with van der Waals surface area (Å²) in [5, 5.41) is 16.5. The van der Waals surface area contributed by atoms with E-state index in [1.165, 1.54) is 11.9 Å². The number of rotatable bonds is 9. The van der Waals surface area contributed by atoms with Crippen LogP contribution in [0.1, 0.15) is 44.2 Å². The third-order valence-corrected chi connectivity index (χ3v) is 7.70. The van der Waals surface area contributed by atoms with Gasteiger partial charge in [0.1, 0.15) is 17.9 Å². The second-order valence-corrected chi connectivity index (χ2v) is 10.5. The van der Waals surface area contributed by atoms with Crippen molar-refractivity contribution >= 4 is 39.7 Å². The van der Waals surface area contributed by atoms with Gasteiger partial charge in [-0.1, -0.05) is 44.2 Å². The first-order valence-corrected chi connectivity index (χ1v) is 14.4. The quantitative estimate of drug-likeness (QED) is 0.236. The minimum atomic E-state index is -0.426. The second-order valence-electron chi connectivity index (χ2n) is 10.5. The molecule has 0 unspecified atom stereocenters. The zero-order valence-electron chi connectivity index (χ0n) is 23.6. The number of hydrogen-bond donors (Lipinski definition) is 2. The Hall–Kier alpha value is -4.44. The number of amides is 1. The summed E-state index contributed by atoms with van der Waals surface area (Å²) < 4.78 is 9.54. The Morgan fingerprint density at radius 2 is 1.90 bits per heavy atom. The molecule has 10 heteroatoms. The van der Waals surface area contributed by atoms with Crippen LogP contribution in [-0.2, 0) is 17.7 Å². The van der Waals surface area contributed by atoms with Crippen molar-refractivity contribution in [2.45, 2.75) is 52.2 Å². The average molecular weight is 553 g/mol. The number of piperidine rings is 1. The summed E-state index contributed by atoms with van der Waals surface area (Å²) in [5.41, 5.74) is 5.60. The molecule has 2 N–H and O–H groups in total. The topological polar surface area (TPSA) is 102 Å². The highest BCUT2D eigenvalue weighted by Gasteiger charge is 2.23. The summed E-state index contributed by atoms with van der Waals surface area (Å²) in [6.07, 6.45) is 8.28. The molecule has 3 aromatic heterocycles. The number of likely N-dealkylation sites (tertiary alicyclic amines) is 1. The fourth-order valence-corrected chi connectivity index (χ4v) is 5.67. The molecule has 41 heavy (non-hydrogen) atoms. The Morgan fingerprint density at radius 3 is 2.68 bits per heavy atom. The van der Waals surface area contributed by atoms with E-state index in [1.54, 1.807) is 4.52 Å². The van der Waals surface area contributed by atoms with Crippen LogP contribution in [0.5, 0.6) is 0 Å². The van der Waals surface area contributed by atoms with E-state index in [1.807, 2.05) is 41.3 Å². The van der Waals surface area contributed by atoms with E-state index < -0.39 is 6.09 Å². The Balaban J connectivity index is 1.18. The molecule has 4 heterocycles. The van der Waals surface area contributed by atoms with Crippen molar-refractivity contribution in [3.8, 4) is 0 Å². The number of nitrogens with zero attached hydrogens (tertiary/aromatic N) is 6. The Kier molecular flexibility index (Phi) is 7.82. The summed E-state index contributed by atoms with van der Waals surface area (Å²) in [6, 6.07) is 16.5. The van der Waals surface area contributed by atoms with E-state index in [0.717, 1.165) is 66.6 Å². The van der Waals surface area contributed by atoms with Crippen LogP contribution in [-0.4, -0.2) is 61.1 Å². The first kappa shape index (κ1) is 26.8. The van der Waals surface area contributed by atoms with Crippen molar-refractivity contribution in [1.29, 1.82) is 0 Å². The summed E-state index contributed by atoms with van der Waals surface area (Å²) in [4.78, 5) is 19.8. The molecule has 212 valence electrons.